The van der Waals surface area contributed by atoms with Crippen molar-refractivity contribution in [2.75, 3.05) is 18.6 Å². The fourth-order valence-electron chi connectivity index (χ4n) is 3.90. The number of halogens is 1. The Balaban J connectivity index is 1.38. The van der Waals surface area contributed by atoms with Crippen LogP contribution < -0.4 is 9.64 Å². The number of allylic oxidation sites excluding steroid dienone is 1. The van der Waals surface area contributed by atoms with E-state index < -0.39 is 5.83 Å². The van der Waals surface area contributed by atoms with Gasteiger partial charge in [-0.15, -0.1) is 0 Å². The Morgan fingerprint density at radius 3 is 2.74 bits per heavy atom. The molecule has 35 heavy (non-hydrogen) atoms. The molecule has 1 aliphatic rings. The van der Waals surface area contributed by atoms with Gasteiger partial charge >= 0.3 is 0 Å². The second kappa shape index (κ2) is 11.7. The standard InChI is InChI=1S/C27H31FN4O3/c1-19(28)10-15-26(33)32(16-5-3-4-9-25-30-27(31-35-25)20-11-12-20)23-8-6-7-21(17-23)22-13-14-24(34-2)29-18-22/h6-8,13-14,17-18,20H,1,3-5,9-12,15-16H2,2H3. The lowest BCUT2D eigenvalue weighted by Crippen LogP contribution is -2.31. The van der Waals surface area contributed by atoms with E-state index in [-0.39, 0.29) is 18.7 Å². The van der Waals surface area contributed by atoms with Crippen LogP contribution in [0.15, 0.2) is 59.5 Å². The molecule has 0 aliphatic heterocycles. The van der Waals surface area contributed by atoms with E-state index in [1.165, 1.54) is 0 Å². The number of ether oxygens (including phenoxy) is 1. The van der Waals surface area contributed by atoms with Crippen molar-refractivity contribution in [3.8, 4) is 17.0 Å². The molecule has 0 spiro atoms. The summed E-state index contributed by atoms with van der Waals surface area (Å²) in [4.78, 5) is 23.5. The van der Waals surface area contributed by atoms with E-state index in [0.717, 1.165) is 61.2 Å². The van der Waals surface area contributed by atoms with Crippen molar-refractivity contribution in [1.82, 2.24) is 15.1 Å². The van der Waals surface area contributed by atoms with Crippen molar-refractivity contribution in [1.29, 1.82) is 0 Å². The lowest BCUT2D eigenvalue weighted by Gasteiger charge is -2.23. The molecule has 2 aromatic heterocycles. The molecule has 1 saturated carbocycles. The van der Waals surface area contributed by atoms with Gasteiger partial charge < -0.3 is 14.2 Å². The molecule has 0 unspecified atom stereocenters. The maximum absolute atomic E-state index is 13.2. The number of unbranched alkanes of at least 4 members (excludes halogenated alkanes) is 2. The second-order valence-electron chi connectivity index (χ2n) is 8.83. The van der Waals surface area contributed by atoms with Crippen molar-refractivity contribution < 1.29 is 18.4 Å². The van der Waals surface area contributed by atoms with Crippen molar-refractivity contribution in [2.45, 2.75) is 57.3 Å². The zero-order valence-electron chi connectivity index (χ0n) is 20.1. The molecule has 1 amide bonds. The molecule has 0 atom stereocenters. The van der Waals surface area contributed by atoms with Crippen molar-refractivity contribution in [3.05, 3.63) is 66.7 Å². The van der Waals surface area contributed by atoms with Gasteiger partial charge in [-0.3, -0.25) is 4.79 Å². The van der Waals surface area contributed by atoms with Crippen LogP contribution in [-0.2, 0) is 11.2 Å². The fraction of sp³-hybridized carbons (Fsp3) is 0.407. The molecule has 184 valence electrons. The van der Waals surface area contributed by atoms with Crippen LogP contribution >= 0.6 is 0 Å². The number of aromatic nitrogens is 3. The molecule has 1 fully saturated rings. The molecule has 0 saturated heterocycles. The fourth-order valence-corrected chi connectivity index (χ4v) is 3.90. The lowest BCUT2D eigenvalue weighted by molar-refractivity contribution is -0.118. The highest BCUT2D eigenvalue weighted by Gasteiger charge is 2.28. The quantitative estimate of drug-likeness (QED) is 0.279. The number of aryl methyl sites for hydroxylation is 1. The van der Waals surface area contributed by atoms with Crippen molar-refractivity contribution >= 4 is 11.6 Å². The van der Waals surface area contributed by atoms with Gasteiger partial charge in [0.15, 0.2) is 5.82 Å². The number of methoxy groups -OCH3 is 1. The Hall–Kier alpha value is -3.55. The third-order valence-corrected chi connectivity index (χ3v) is 6.05. The Morgan fingerprint density at radius 2 is 2.03 bits per heavy atom. The Kier molecular flexibility index (Phi) is 8.23. The molecule has 8 heteroatoms. The minimum atomic E-state index is -0.485. The smallest absolute Gasteiger partial charge is 0.227 e. The van der Waals surface area contributed by atoms with Crippen LogP contribution in [0, 0.1) is 0 Å². The highest BCUT2D eigenvalue weighted by Crippen LogP contribution is 2.38. The Morgan fingerprint density at radius 1 is 1.17 bits per heavy atom. The van der Waals surface area contributed by atoms with Crippen LogP contribution in [0.3, 0.4) is 0 Å². The third-order valence-electron chi connectivity index (χ3n) is 6.05. The number of rotatable bonds is 13. The molecule has 7 nitrogen and oxygen atoms in total. The molecule has 1 aromatic carbocycles. The van der Waals surface area contributed by atoms with Crippen LogP contribution in [-0.4, -0.2) is 34.7 Å². The first-order valence-electron chi connectivity index (χ1n) is 12.1. The van der Waals surface area contributed by atoms with Crippen LogP contribution in [0.1, 0.15) is 62.6 Å². The zero-order valence-corrected chi connectivity index (χ0v) is 20.1. The van der Waals surface area contributed by atoms with Crippen LogP contribution in [0.25, 0.3) is 11.1 Å². The van der Waals surface area contributed by atoms with Gasteiger partial charge in [0, 0.05) is 55.2 Å². The average Bonchev–Trinajstić information content (AvgIpc) is 3.62. The number of benzene rings is 1. The van der Waals surface area contributed by atoms with Gasteiger partial charge in [-0.2, -0.15) is 4.98 Å². The summed E-state index contributed by atoms with van der Waals surface area (Å²) < 4.78 is 23.7. The lowest BCUT2D eigenvalue weighted by atomic mass is 10.1. The summed E-state index contributed by atoms with van der Waals surface area (Å²) in [6.07, 6.45) is 7.48. The number of pyridine rings is 1. The van der Waals surface area contributed by atoms with E-state index in [1.54, 1.807) is 24.3 Å². The zero-order chi connectivity index (χ0) is 24.6. The molecule has 2 heterocycles. The van der Waals surface area contributed by atoms with Gasteiger partial charge in [-0.25, -0.2) is 9.37 Å². The van der Waals surface area contributed by atoms with Gasteiger partial charge in [0.1, 0.15) is 0 Å². The SMILES string of the molecule is C=C(F)CCC(=O)N(CCCCCc1nc(C2CC2)no1)c1cccc(-c2ccc(OC)nc2)c1. The average molecular weight is 479 g/mol. The molecule has 0 N–H and O–H groups in total. The van der Waals surface area contributed by atoms with Gasteiger partial charge in [0.25, 0.3) is 0 Å². The summed E-state index contributed by atoms with van der Waals surface area (Å²) in [6.45, 7) is 3.82. The minimum Gasteiger partial charge on any atom is -0.481 e. The van der Waals surface area contributed by atoms with E-state index >= 15 is 0 Å². The monoisotopic (exact) mass is 478 g/mol. The van der Waals surface area contributed by atoms with Crippen LogP contribution in [0.4, 0.5) is 10.1 Å². The summed E-state index contributed by atoms with van der Waals surface area (Å²) in [6, 6.07) is 11.5. The number of carbonyl (C=O) groups excluding carboxylic acids is 1. The van der Waals surface area contributed by atoms with E-state index in [0.29, 0.717) is 24.2 Å². The molecule has 0 radical (unpaired) electrons. The summed E-state index contributed by atoms with van der Waals surface area (Å²) in [5.41, 5.74) is 2.63. The third kappa shape index (κ3) is 6.97. The van der Waals surface area contributed by atoms with Gasteiger partial charge in [-0.05, 0) is 49.4 Å². The van der Waals surface area contributed by atoms with Gasteiger partial charge in [-0.1, -0.05) is 30.3 Å². The molecule has 3 aromatic rings. The first kappa shape index (κ1) is 24.6. The number of hydrogen-bond acceptors (Lipinski definition) is 6. The molecule has 4 rings (SSSR count). The number of amides is 1. The second-order valence-corrected chi connectivity index (χ2v) is 8.83. The van der Waals surface area contributed by atoms with E-state index in [4.69, 9.17) is 9.26 Å². The molecule has 0 bridgehead atoms. The highest BCUT2D eigenvalue weighted by molar-refractivity contribution is 5.94. The number of anilines is 1. The molecular formula is C27H31FN4O3. The van der Waals surface area contributed by atoms with E-state index in [2.05, 4.69) is 21.7 Å². The van der Waals surface area contributed by atoms with Crippen molar-refractivity contribution in [3.63, 3.8) is 0 Å². The van der Waals surface area contributed by atoms with Crippen molar-refractivity contribution in [2.24, 2.45) is 0 Å². The Labute approximate surface area is 205 Å². The van der Waals surface area contributed by atoms with Crippen LogP contribution in [0.2, 0.25) is 0 Å². The number of nitrogens with zero attached hydrogens (tertiary/aromatic N) is 4. The topological polar surface area (TPSA) is 81.4 Å². The first-order chi connectivity index (χ1) is 17.0. The molecule has 1 aliphatic carbocycles. The van der Waals surface area contributed by atoms with E-state index in [9.17, 15) is 9.18 Å². The predicted octanol–water partition coefficient (Wildman–Crippen LogP) is 6.03. The summed E-state index contributed by atoms with van der Waals surface area (Å²) in [5, 5.41) is 4.06. The predicted molar refractivity (Wildman–Crippen MR) is 132 cm³/mol. The summed E-state index contributed by atoms with van der Waals surface area (Å²) in [5.74, 6) is 1.93. The minimum absolute atomic E-state index is 0.0257. The molecular weight excluding hydrogens is 447 g/mol. The van der Waals surface area contributed by atoms with Gasteiger partial charge in [0.2, 0.25) is 17.7 Å². The first-order valence-corrected chi connectivity index (χ1v) is 12.1. The largest absolute Gasteiger partial charge is 0.481 e. The van der Waals surface area contributed by atoms with Crippen LogP contribution in [0.5, 0.6) is 5.88 Å². The maximum Gasteiger partial charge on any atom is 0.227 e. The number of hydrogen-bond donors (Lipinski definition) is 0. The normalized spacial score (nSPS) is 13.0. The van der Waals surface area contributed by atoms with Gasteiger partial charge in [0.05, 0.1) is 12.9 Å². The number of carbonyl (C=O) groups is 1. The summed E-state index contributed by atoms with van der Waals surface area (Å²) >= 11 is 0. The maximum atomic E-state index is 13.2. The van der Waals surface area contributed by atoms with E-state index in [1.807, 2.05) is 30.3 Å². The Bertz CT molecular complexity index is 1140. The highest BCUT2D eigenvalue weighted by atomic mass is 19.1. The summed E-state index contributed by atoms with van der Waals surface area (Å²) in [7, 11) is 1.58.